The maximum atomic E-state index is 11.7. The molecule has 1 unspecified atom stereocenters. The van der Waals surface area contributed by atoms with Crippen LogP contribution in [0.5, 0.6) is 11.5 Å². The van der Waals surface area contributed by atoms with Gasteiger partial charge in [-0.25, -0.2) is 4.79 Å². The molecule has 0 amide bonds. The number of carbonyl (C=O) groups is 1. The molecule has 0 bridgehead atoms. The minimum absolute atomic E-state index is 0.141. The van der Waals surface area contributed by atoms with Crippen molar-refractivity contribution < 1.29 is 20.1 Å². The number of rotatable bonds is 4. The lowest BCUT2D eigenvalue weighted by Crippen LogP contribution is -2.51. The van der Waals surface area contributed by atoms with Crippen molar-refractivity contribution in [3.8, 4) is 11.5 Å². The highest BCUT2D eigenvalue weighted by atomic mass is 16.4. The molecular weight excluding hydrogens is 258 g/mol. The Morgan fingerprint density at radius 2 is 1.70 bits per heavy atom. The topological polar surface area (TPSA) is 89.8 Å². The lowest BCUT2D eigenvalue weighted by molar-refractivity contribution is -0.145. The van der Waals surface area contributed by atoms with Gasteiger partial charge in [0, 0.05) is 12.1 Å². The number of carboxylic acids is 1. The van der Waals surface area contributed by atoms with Gasteiger partial charge in [0.05, 0.1) is 0 Å². The molecule has 1 saturated carbocycles. The van der Waals surface area contributed by atoms with Crippen LogP contribution in [-0.4, -0.2) is 27.3 Å². The quantitative estimate of drug-likeness (QED) is 0.679. The van der Waals surface area contributed by atoms with Crippen LogP contribution in [-0.2, 0) is 10.3 Å². The second-order valence-corrected chi connectivity index (χ2v) is 5.65. The van der Waals surface area contributed by atoms with E-state index in [4.69, 9.17) is 0 Å². The number of phenols is 2. The van der Waals surface area contributed by atoms with Crippen LogP contribution in [0.4, 0.5) is 0 Å². The van der Waals surface area contributed by atoms with Gasteiger partial charge in [0.25, 0.3) is 0 Å². The van der Waals surface area contributed by atoms with E-state index < -0.39 is 11.5 Å². The van der Waals surface area contributed by atoms with E-state index in [0.29, 0.717) is 5.56 Å². The summed E-state index contributed by atoms with van der Waals surface area (Å²) in [5.41, 5.74) is -0.967. The Kier molecular flexibility index (Phi) is 4.18. The Bertz CT molecular complexity index is 476. The van der Waals surface area contributed by atoms with Gasteiger partial charge in [-0.05, 0) is 37.5 Å². The largest absolute Gasteiger partial charge is 0.508 e. The Labute approximate surface area is 118 Å². The Balaban J connectivity index is 2.30. The van der Waals surface area contributed by atoms with Gasteiger partial charge in [0.2, 0.25) is 0 Å². The molecule has 0 spiro atoms. The fourth-order valence-electron chi connectivity index (χ4n) is 2.81. The fourth-order valence-corrected chi connectivity index (χ4v) is 2.81. The van der Waals surface area contributed by atoms with E-state index in [0.717, 1.165) is 25.7 Å². The van der Waals surface area contributed by atoms with Crippen molar-refractivity contribution in [2.75, 3.05) is 0 Å². The molecule has 0 aromatic heterocycles. The molecule has 5 heteroatoms. The molecule has 20 heavy (non-hydrogen) atoms. The zero-order valence-electron chi connectivity index (χ0n) is 11.6. The van der Waals surface area contributed by atoms with E-state index in [9.17, 15) is 20.1 Å². The van der Waals surface area contributed by atoms with Crippen molar-refractivity contribution in [3.05, 3.63) is 23.8 Å². The summed E-state index contributed by atoms with van der Waals surface area (Å²) in [6.07, 6.45) is 5.29. The van der Waals surface area contributed by atoms with Crippen LogP contribution in [0.15, 0.2) is 18.2 Å². The Morgan fingerprint density at radius 1 is 1.15 bits per heavy atom. The minimum Gasteiger partial charge on any atom is -0.508 e. The first-order chi connectivity index (χ1) is 9.41. The molecule has 1 aliphatic carbocycles. The molecule has 0 radical (unpaired) electrons. The molecule has 1 atom stereocenters. The molecule has 0 heterocycles. The van der Waals surface area contributed by atoms with Crippen LogP contribution in [0.25, 0.3) is 0 Å². The molecule has 1 aromatic rings. The van der Waals surface area contributed by atoms with E-state index in [1.807, 2.05) is 0 Å². The monoisotopic (exact) mass is 279 g/mol. The van der Waals surface area contributed by atoms with Crippen LogP contribution < -0.4 is 5.32 Å². The summed E-state index contributed by atoms with van der Waals surface area (Å²) in [5, 5.41) is 31.9. The summed E-state index contributed by atoms with van der Waals surface area (Å²) in [6.45, 7) is 1.57. The highest BCUT2D eigenvalue weighted by Crippen LogP contribution is 2.31. The Morgan fingerprint density at radius 3 is 2.20 bits per heavy atom. The summed E-state index contributed by atoms with van der Waals surface area (Å²) in [5.74, 6) is -1.30. The van der Waals surface area contributed by atoms with Crippen molar-refractivity contribution in [1.29, 1.82) is 0 Å². The van der Waals surface area contributed by atoms with Gasteiger partial charge in [-0.1, -0.05) is 19.3 Å². The number of nitrogens with one attached hydrogen (secondary N) is 1. The normalized spacial score (nSPS) is 19.4. The van der Waals surface area contributed by atoms with Crippen molar-refractivity contribution in [3.63, 3.8) is 0 Å². The summed E-state index contributed by atoms with van der Waals surface area (Å²) < 4.78 is 0. The average Bonchev–Trinajstić information content (AvgIpc) is 2.38. The lowest BCUT2D eigenvalue weighted by Gasteiger charge is -2.34. The van der Waals surface area contributed by atoms with Gasteiger partial charge >= 0.3 is 5.97 Å². The zero-order valence-corrected chi connectivity index (χ0v) is 11.6. The number of hydrogen-bond donors (Lipinski definition) is 4. The van der Waals surface area contributed by atoms with Crippen molar-refractivity contribution >= 4 is 5.97 Å². The van der Waals surface area contributed by atoms with Crippen LogP contribution in [0, 0.1) is 0 Å². The average molecular weight is 279 g/mol. The fraction of sp³-hybridized carbons (Fsp3) is 0.533. The van der Waals surface area contributed by atoms with Gasteiger partial charge in [0.1, 0.15) is 17.0 Å². The third-order valence-electron chi connectivity index (χ3n) is 4.01. The molecule has 0 saturated heterocycles. The van der Waals surface area contributed by atoms with Gasteiger partial charge in [-0.15, -0.1) is 0 Å². The standard InChI is InChI=1S/C15H21NO4/c1-15(14(19)20,16-11-5-3-2-4-6-11)10-7-12(17)9-13(18)8-10/h7-9,11,16-18H,2-6H2,1H3,(H,19,20). The van der Waals surface area contributed by atoms with Crippen LogP contribution in [0.1, 0.15) is 44.6 Å². The van der Waals surface area contributed by atoms with Crippen molar-refractivity contribution in [2.24, 2.45) is 0 Å². The number of hydrogen-bond acceptors (Lipinski definition) is 4. The molecule has 1 aliphatic rings. The molecule has 0 aliphatic heterocycles. The number of carboxylic acid groups (broad SMARTS) is 1. The van der Waals surface area contributed by atoms with Gasteiger partial charge in [-0.3, -0.25) is 5.32 Å². The highest BCUT2D eigenvalue weighted by Gasteiger charge is 2.38. The maximum Gasteiger partial charge on any atom is 0.328 e. The van der Waals surface area contributed by atoms with E-state index in [-0.39, 0.29) is 17.5 Å². The summed E-state index contributed by atoms with van der Waals surface area (Å²) in [4.78, 5) is 11.7. The smallest absolute Gasteiger partial charge is 0.328 e. The molecular formula is C15H21NO4. The summed E-state index contributed by atoms with van der Waals surface area (Å²) >= 11 is 0. The third kappa shape index (κ3) is 3.04. The molecule has 2 rings (SSSR count). The van der Waals surface area contributed by atoms with Crippen LogP contribution in [0.2, 0.25) is 0 Å². The number of aromatic hydroxyl groups is 2. The molecule has 1 fully saturated rings. The Hall–Kier alpha value is -1.75. The van der Waals surface area contributed by atoms with Crippen LogP contribution >= 0.6 is 0 Å². The summed E-state index contributed by atoms with van der Waals surface area (Å²) in [7, 11) is 0. The number of phenolic OH excluding ortho intramolecular Hbond substituents is 2. The molecule has 1 aromatic carbocycles. The van der Waals surface area contributed by atoms with Gasteiger partial charge in [0.15, 0.2) is 0 Å². The maximum absolute atomic E-state index is 11.7. The number of aliphatic carboxylic acids is 1. The highest BCUT2D eigenvalue weighted by molar-refractivity contribution is 5.80. The predicted molar refractivity (Wildman–Crippen MR) is 74.8 cm³/mol. The second-order valence-electron chi connectivity index (χ2n) is 5.65. The van der Waals surface area contributed by atoms with Gasteiger partial charge < -0.3 is 15.3 Å². The van der Waals surface area contributed by atoms with Crippen molar-refractivity contribution in [1.82, 2.24) is 5.32 Å². The molecule has 5 nitrogen and oxygen atoms in total. The zero-order chi connectivity index (χ0) is 14.8. The first kappa shape index (κ1) is 14.7. The van der Waals surface area contributed by atoms with Gasteiger partial charge in [-0.2, -0.15) is 0 Å². The van der Waals surface area contributed by atoms with Crippen molar-refractivity contribution in [2.45, 2.75) is 50.6 Å². The van der Waals surface area contributed by atoms with Crippen LogP contribution in [0.3, 0.4) is 0 Å². The second kappa shape index (κ2) is 5.71. The molecule has 4 N–H and O–H groups in total. The van der Waals surface area contributed by atoms with E-state index in [2.05, 4.69) is 5.32 Å². The van der Waals surface area contributed by atoms with E-state index in [1.165, 1.54) is 24.6 Å². The summed E-state index contributed by atoms with van der Waals surface area (Å²) in [6, 6.07) is 4.09. The lowest BCUT2D eigenvalue weighted by atomic mass is 9.87. The molecule has 110 valence electrons. The SMILES string of the molecule is CC(NC1CCCCC1)(C(=O)O)c1cc(O)cc(O)c1. The number of benzene rings is 1. The van der Waals surface area contributed by atoms with E-state index >= 15 is 0 Å². The minimum atomic E-state index is -1.32. The first-order valence-electron chi connectivity index (χ1n) is 6.96. The predicted octanol–water partition coefficient (Wildman–Crippen LogP) is 2.32. The first-order valence-corrected chi connectivity index (χ1v) is 6.96. The third-order valence-corrected chi connectivity index (χ3v) is 4.01. The van der Waals surface area contributed by atoms with E-state index in [1.54, 1.807) is 6.92 Å².